The van der Waals surface area contributed by atoms with Gasteiger partial charge in [-0.1, -0.05) is 24.2 Å². The lowest BCUT2D eigenvalue weighted by Gasteiger charge is -2.09. The maximum absolute atomic E-state index is 5.37. The molecule has 120 valence electrons. The molecule has 0 bridgehead atoms. The lowest BCUT2D eigenvalue weighted by Crippen LogP contribution is -2.36. The zero-order valence-corrected chi connectivity index (χ0v) is 13.3. The predicted molar refractivity (Wildman–Crippen MR) is 83.4 cm³/mol. The molecule has 2 N–H and O–H groups in total. The molecule has 0 aliphatic heterocycles. The van der Waals surface area contributed by atoms with Crippen molar-refractivity contribution in [3.05, 3.63) is 35.5 Å². The number of aromatic nitrogens is 2. The summed E-state index contributed by atoms with van der Waals surface area (Å²) in [5.74, 6) is 1.93. The number of hydrogen-bond donors (Lipinski definition) is 2. The molecule has 7 heteroatoms. The van der Waals surface area contributed by atoms with Gasteiger partial charge in [0.15, 0.2) is 11.7 Å². The Morgan fingerprint density at radius 2 is 2.00 bits per heavy atom. The fourth-order valence-corrected chi connectivity index (χ4v) is 2.21. The van der Waals surface area contributed by atoms with E-state index in [1.807, 2.05) is 6.07 Å². The normalized spacial score (nSPS) is 11.9. The highest BCUT2D eigenvalue weighted by molar-refractivity contribution is 5.79. The number of rotatable bonds is 7. The van der Waals surface area contributed by atoms with E-state index in [9.17, 15) is 0 Å². The maximum Gasteiger partial charge on any atom is 0.191 e. The Kier molecular flexibility index (Phi) is 6.00. The van der Waals surface area contributed by atoms with E-state index in [4.69, 9.17) is 9.05 Å². The summed E-state index contributed by atoms with van der Waals surface area (Å²) < 4.78 is 10.2. The van der Waals surface area contributed by atoms with Crippen molar-refractivity contribution in [1.29, 1.82) is 0 Å². The third-order valence-corrected chi connectivity index (χ3v) is 3.56. The van der Waals surface area contributed by atoms with Gasteiger partial charge in [0.05, 0.1) is 18.8 Å². The average molecular weight is 305 g/mol. The Balaban J connectivity index is 1.83. The van der Waals surface area contributed by atoms with Crippen molar-refractivity contribution in [2.45, 2.75) is 45.7 Å². The van der Waals surface area contributed by atoms with Gasteiger partial charge in [0, 0.05) is 25.1 Å². The molecule has 2 rings (SSSR count). The number of nitrogens with zero attached hydrogens (tertiary/aromatic N) is 3. The molecule has 0 spiro atoms. The molecule has 0 saturated heterocycles. The Morgan fingerprint density at radius 1 is 1.23 bits per heavy atom. The minimum absolute atomic E-state index is 0.460. The molecular weight excluding hydrogens is 282 g/mol. The molecule has 0 aromatic carbocycles. The highest BCUT2D eigenvalue weighted by Crippen LogP contribution is 2.22. The van der Waals surface area contributed by atoms with Crippen molar-refractivity contribution in [2.75, 3.05) is 7.05 Å². The Labute approximate surface area is 130 Å². The number of hydrogen-bond acceptors (Lipinski definition) is 5. The van der Waals surface area contributed by atoms with E-state index in [1.165, 1.54) is 0 Å². The zero-order chi connectivity index (χ0) is 15.8. The van der Waals surface area contributed by atoms with Crippen LogP contribution in [0.5, 0.6) is 0 Å². The molecule has 0 radical (unpaired) electrons. The van der Waals surface area contributed by atoms with Gasteiger partial charge < -0.3 is 19.7 Å². The molecule has 0 saturated carbocycles. The zero-order valence-electron chi connectivity index (χ0n) is 13.3. The number of aliphatic imine (C=N–C) groups is 1. The van der Waals surface area contributed by atoms with Crippen molar-refractivity contribution < 1.29 is 9.05 Å². The summed E-state index contributed by atoms with van der Waals surface area (Å²) in [6.07, 6.45) is 3.68. The maximum atomic E-state index is 5.37. The van der Waals surface area contributed by atoms with Gasteiger partial charge in [0.2, 0.25) is 0 Å². The molecule has 2 heterocycles. The lowest BCUT2D eigenvalue weighted by atomic mass is 9.99. The Morgan fingerprint density at radius 3 is 2.64 bits per heavy atom. The minimum Gasteiger partial charge on any atom is -0.364 e. The van der Waals surface area contributed by atoms with Crippen LogP contribution in [0.1, 0.15) is 49.8 Å². The van der Waals surface area contributed by atoms with Crippen molar-refractivity contribution in [2.24, 2.45) is 4.99 Å². The summed E-state index contributed by atoms with van der Waals surface area (Å²) in [6.45, 7) is 5.41. The van der Waals surface area contributed by atoms with Gasteiger partial charge >= 0.3 is 0 Å². The lowest BCUT2D eigenvalue weighted by molar-refractivity contribution is 0.368. The molecule has 0 atom stereocenters. The molecule has 22 heavy (non-hydrogen) atoms. The van der Waals surface area contributed by atoms with Crippen LogP contribution in [0.4, 0.5) is 0 Å². The van der Waals surface area contributed by atoms with Crippen LogP contribution in [0.3, 0.4) is 0 Å². The minimum atomic E-state index is 0.460. The van der Waals surface area contributed by atoms with Crippen LogP contribution in [-0.4, -0.2) is 23.3 Å². The molecule has 2 aromatic heterocycles. The third-order valence-electron chi connectivity index (χ3n) is 3.56. The van der Waals surface area contributed by atoms with Crippen LogP contribution in [0.2, 0.25) is 0 Å². The van der Waals surface area contributed by atoms with Crippen LogP contribution in [0.15, 0.2) is 32.4 Å². The van der Waals surface area contributed by atoms with Crippen LogP contribution in [-0.2, 0) is 13.1 Å². The Bertz CT molecular complexity index is 573. The van der Waals surface area contributed by atoms with Crippen LogP contribution in [0.25, 0.3) is 0 Å². The first-order valence-corrected chi connectivity index (χ1v) is 7.56. The van der Waals surface area contributed by atoms with Crippen LogP contribution in [0, 0.1) is 0 Å². The van der Waals surface area contributed by atoms with E-state index in [0.717, 1.165) is 30.0 Å². The second kappa shape index (κ2) is 8.21. The van der Waals surface area contributed by atoms with Crippen LogP contribution >= 0.6 is 0 Å². The molecule has 0 amide bonds. The van der Waals surface area contributed by atoms with Gasteiger partial charge in [-0.25, -0.2) is 0 Å². The highest BCUT2D eigenvalue weighted by atomic mass is 16.5. The summed E-state index contributed by atoms with van der Waals surface area (Å²) >= 11 is 0. The average Bonchev–Trinajstić information content (AvgIpc) is 3.20. The molecule has 0 aliphatic rings. The summed E-state index contributed by atoms with van der Waals surface area (Å²) in [4.78, 5) is 4.15. The van der Waals surface area contributed by atoms with E-state index in [2.05, 4.69) is 39.8 Å². The van der Waals surface area contributed by atoms with Crippen molar-refractivity contribution in [3.63, 3.8) is 0 Å². The SMILES string of the molecule is CCC(CC)c1cc(CNC(=NC)NCc2ccon2)on1. The van der Waals surface area contributed by atoms with Gasteiger partial charge in [-0.3, -0.25) is 4.99 Å². The Hall–Kier alpha value is -2.31. The van der Waals surface area contributed by atoms with Gasteiger partial charge in [0.1, 0.15) is 12.0 Å². The van der Waals surface area contributed by atoms with E-state index in [-0.39, 0.29) is 0 Å². The highest BCUT2D eigenvalue weighted by Gasteiger charge is 2.13. The molecular formula is C15H23N5O2. The fourth-order valence-electron chi connectivity index (χ4n) is 2.21. The summed E-state index contributed by atoms with van der Waals surface area (Å²) in [5, 5.41) is 14.3. The topological polar surface area (TPSA) is 88.5 Å². The molecule has 0 unspecified atom stereocenters. The monoisotopic (exact) mass is 305 g/mol. The van der Waals surface area contributed by atoms with E-state index in [0.29, 0.717) is 25.0 Å². The van der Waals surface area contributed by atoms with E-state index in [1.54, 1.807) is 19.4 Å². The molecule has 2 aromatic rings. The van der Waals surface area contributed by atoms with Crippen LogP contribution < -0.4 is 10.6 Å². The van der Waals surface area contributed by atoms with Gasteiger partial charge in [0.25, 0.3) is 0 Å². The first-order chi connectivity index (χ1) is 10.8. The van der Waals surface area contributed by atoms with Crippen molar-refractivity contribution in [3.8, 4) is 0 Å². The smallest absolute Gasteiger partial charge is 0.191 e. The number of guanidine groups is 1. The van der Waals surface area contributed by atoms with Crippen molar-refractivity contribution >= 4 is 5.96 Å². The van der Waals surface area contributed by atoms with Gasteiger partial charge in [-0.05, 0) is 12.8 Å². The first-order valence-electron chi connectivity index (χ1n) is 7.56. The summed E-state index contributed by atoms with van der Waals surface area (Å²) in [6, 6.07) is 3.81. The standard InChI is InChI=1S/C15H23N5O2/c1-4-11(5-2)14-8-13(22-20-14)10-18-15(16-3)17-9-12-6-7-21-19-12/h6-8,11H,4-5,9-10H2,1-3H3,(H2,16,17,18). The quantitative estimate of drug-likeness (QED) is 0.603. The molecule has 0 fully saturated rings. The van der Waals surface area contributed by atoms with Crippen molar-refractivity contribution in [1.82, 2.24) is 20.9 Å². The fraction of sp³-hybridized carbons (Fsp3) is 0.533. The second-order valence-electron chi connectivity index (χ2n) is 5.00. The van der Waals surface area contributed by atoms with Gasteiger partial charge in [-0.2, -0.15) is 0 Å². The van der Waals surface area contributed by atoms with E-state index >= 15 is 0 Å². The largest absolute Gasteiger partial charge is 0.364 e. The molecule has 0 aliphatic carbocycles. The first kappa shape index (κ1) is 16.1. The predicted octanol–water partition coefficient (Wildman–Crippen LogP) is 2.43. The van der Waals surface area contributed by atoms with Gasteiger partial charge in [-0.15, -0.1) is 0 Å². The number of nitrogens with one attached hydrogen (secondary N) is 2. The molecule has 7 nitrogen and oxygen atoms in total. The van der Waals surface area contributed by atoms with E-state index < -0.39 is 0 Å². The summed E-state index contributed by atoms with van der Waals surface area (Å²) in [7, 11) is 1.72. The summed E-state index contributed by atoms with van der Waals surface area (Å²) in [5.41, 5.74) is 1.84. The third kappa shape index (κ3) is 4.34. The second-order valence-corrected chi connectivity index (χ2v) is 5.00.